The Morgan fingerprint density at radius 2 is 1.96 bits per heavy atom. The summed E-state index contributed by atoms with van der Waals surface area (Å²) in [5.74, 6) is -0.199. The van der Waals surface area contributed by atoms with E-state index in [0.29, 0.717) is 17.1 Å². The van der Waals surface area contributed by atoms with Crippen LogP contribution in [0, 0.1) is 5.82 Å². The maximum atomic E-state index is 13.0. The van der Waals surface area contributed by atoms with Crippen LogP contribution in [0.4, 0.5) is 4.39 Å². The summed E-state index contributed by atoms with van der Waals surface area (Å²) in [6.45, 7) is 0.178. The third kappa shape index (κ3) is 3.42. The highest BCUT2D eigenvalue weighted by atomic mass is 19.1. The van der Waals surface area contributed by atoms with Crippen molar-refractivity contribution in [1.29, 1.82) is 0 Å². The zero-order valence-electron chi connectivity index (χ0n) is 13.3. The fraction of sp³-hybridized carbons (Fsp3) is 0.118. The van der Waals surface area contributed by atoms with E-state index in [1.807, 2.05) is 0 Å². The van der Waals surface area contributed by atoms with Gasteiger partial charge in [0.15, 0.2) is 17.2 Å². The van der Waals surface area contributed by atoms with Crippen molar-refractivity contribution in [1.82, 2.24) is 15.4 Å². The number of ether oxygens (including phenoxy) is 2. The van der Waals surface area contributed by atoms with Gasteiger partial charge in [-0.1, -0.05) is 18.2 Å². The Balaban J connectivity index is 1.98. The lowest BCUT2D eigenvalue weighted by atomic mass is 10.1. The number of aromatic nitrogens is 3. The molecule has 0 aliphatic carbocycles. The standard InChI is InChI=1S/C17H15FN4O3/c1-24-13-4-2-3-12(14-15(17(19)23)21-22-20-14)16(13)25-9-10-5-7-11(18)8-6-10/h2-8H,9H2,1H3,(H2,19,23)(H,20,21,22). The maximum absolute atomic E-state index is 13.0. The molecule has 0 saturated carbocycles. The van der Waals surface area contributed by atoms with Gasteiger partial charge in [-0.2, -0.15) is 15.4 Å². The Labute approximate surface area is 142 Å². The van der Waals surface area contributed by atoms with Crippen molar-refractivity contribution in [3.8, 4) is 22.8 Å². The van der Waals surface area contributed by atoms with Gasteiger partial charge in [0, 0.05) is 0 Å². The summed E-state index contributed by atoms with van der Waals surface area (Å²) in [6.07, 6.45) is 0. The van der Waals surface area contributed by atoms with Crippen molar-refractivity contribution in [3.63, 3.8) is 0 Å². The number of H-pyrrole nitrogens is 1. The van der Waals surface area contributed by atoms with Crippen LogP contribution in [0.1, 0.15) is 16.1 Å². The van der Waals surface area contributed by atoms with Gasteiger partial charge in [0.1, 0.15) is 18.1 Å². The van der Waals surface area contributed by atoms with E-state index in [2.05, 4.69) is 15.4 Å². The van der Waals surface area contributed by atoms with E-state index < -0.39 is 5.91 Å². The average molecular weight is 342 g/mol. The molecule has 3 rings (SSSR count). The number of nitrogens with zero attached hydrogens (tertiary/aromatic N) is 2. The first-order chi connectivity index (χ1) is 12.1. The van der Waals surface area contributed by atoms with Crippen molar-refractivity contribution in [2.45, 2.75) is 6.61 Å². The molecule has 7 nitrogen and oxygen atoms in total. The molecule has 1 heterocycles. The molecule has 8 heteroatoms. The van der Waals surface area contributed by atoms with Crippen LogP contribution in [0.2, 0.25) is 0 Å². The molecular weight excluding hydrogens is 327 g/mol. The van der Waals surface area contributed by atoms with Crippen LogP contribution in [0.25, 0.3) is 11.3 Å². The zero-order chi connectivity index (χ0) is 17.8. The summed E-state index contributed by atoms with van der Waals surface area (Å²) < 4.78 is 24.2. The van der Waals surface area contributed by atoms with E-state index in [0.717, 1.165) is 5.56 Å². The van der Waals surface area contributed by atoms with Gasteiger partial charge >= 0.3 is 0 Å². The van der Waals surface area contributed by atoms with E-state index in [4.69, 9.17) is 15.2 Å². The molecule has 0 fully saturated rings. The number of carbonyl (C=O) groups is 1. The van der Waals surface area contributed by atoms with E-state index in [1.54, 1.807) is 30.3 Å². The number of primary amides is 1. The Kier molecular flexibility index (Phi) is 4.60. The second-order valence-electron chi connectivity index (χ2n) is 5.14. The average Bonchev–Trinajstić information content (AvgIpc) is 3.11. The predicted octanol–water partition coefficient (Wildman–Crippen LogP) is 2.30. The maximum Gasteiger partial charge on any atom is 0.271 e. The van der Waals surface area contributed by atoms with Gasteiger partial charge in [-0.15, -0.1) is 0 Å². The lowest BCUT2D eigenvalue weighted by Crippen LogP contribution is -2.13. The van der Waals surface area contributed by atoms with Crippen molar-refractivity contribution in [2.24, 2.45) is 5.73 Å². The van der Waals surface area contributed by atoms with E-state index in [-0.39, 0.29) is 23.8 Å². The number of rotatable bonds is 6. The fourth-order valence-electron chi connectivity index (χ4n) is 2.34. The van der Waals surface area contributed by atoms with Crippen LogP contribution in [0.5, 0.6) is 11.5 Å². The summed E-state index contributed by atoms with van der Waals surface area (Å²) in [6, 6.07) is 11.1. The second kappa shape index (κ2) is 7.00. The number of benzene rings is 2. The SMILES string of the molecule is COc1cccc(-c2n[nH]nc2C(N)=O)c1OCc1ccc(F)cc1. The lowest BCUT2D eigenvalue weighted by Gasteiger charge is -2.14. The predicted molar refractivity (Wildman–Crippen MR) is 87.6 cm³/mol. The molecule has 0 bridgehead atoms. The molecule has 0 unspecified atom stereocenters. The highest BCUT2D eigenvalue weighted by Crippen LogP contribution is 2.38. The third-order valence-corrected chi connectivity index (χ3v) is 3.53. The molecule has 0 saturated heterocycles. The topological polar surface area (TPSA) is 103 Å². The number of methoxy groups -OCH3 is 1. The summed E-state index contributed by atoms with van der Waals surface area (Å²) >= 11 is 0. The van der Waals surface area contributed by atoms with E-state index in [1.165, 1.54) is 19.2 Å². The van der Waals surface area contributed by atoms with Crippen LogP contribution in [-0.4, -0.2) is 28.4 Å². The molecule has 0 spiro atoms. The smallest absolute Gasteiger partial charge is 0.271 e. The number of hydrogen-bond acceptors (Lipinski definition) is 5. The van der Waals surface area contributed by atoms with Crippen molar-refractivity contribution in [2.75, 3.05) is 7.11 Å². The molecule has 128 valence electrons. The van der Waals surface area contributed by atoms with Crippen molar-refractivity contribution >= 4 is 5.91 Å². The minimum Gasteiger partial charge on any atom is -0.493 e. The first-order valence-electron chi connectivity index (χ1n) is 7.35. The third-order valence-electron chi connectivity index (χ3n) is 3.53. The summed E-state index contributed by atoms with van der Waals surface area (Å²) in [5.41, 5.74) is 6.87. The van der Waals surface area contributed by atoms with Crippen LogP contribution in [-0.2, 0) is 6.61 Å². The van der Waals surface area contributed by atoms with Gasteiger partial charge in [-0.05, 0) is 29.8 Å². The number of hydrogen-bond donors (Lipinski definition) is 2. The van der Waals surface area contributed by atoms with Gasteiger partial charge in [0.2, 0.25) is 0 Å². The van der Waals surface area contributed by atoms with Crippen LogP contribution in [0.15, 0.2) is 42.5 Å². The van der Waals surface area contributed by atoms with Crippen LogP contribution in [0.3, 0.4) is 0 Å². The van der Waals surface area contributed by atoms with Crippen LogP contribution < -0.4 is 15.2 Å². The van der Waals surface area contributed by atoms with Gasteiger partial charge in [-0.25, -0.2) is 4.39 Å². The zero-order valence-corrected chi connectivity index (χ0v) is 13.3. The van der Waals surface area contributed by atoms with E-state index in [9.17, 15) is 9.18 Å². The minimum absolute atomic E-state index is 0.000106. The minimum atomic E-state index is -0.712. The molecular formula is C17H15FN4O3. The van der Waals surface area contributed by atoms with E-state index >= 15 is 0 Å². The Hall–Kier alpha value is -3.42. The molecule has 0 radical (unpaired) electrons. The van der Waals surface area contributed by atoms with Gasteiger partial charge in [0.05, 0.1) is 12.7 Å². The van der Waals surface area contributed by atoms with Gasteiger partial charge < -0.3 is 15.2 Å². The molecule has 0 aliphatic heterocycles. The van der Waals surface area contributed by atoms with Gasteiger partial charge in [-0.3, -0.25) is 4.79 Å². The molecule has 25 heavy (non-hydrogen) atoms. The van der Waals surface area contributed by atoms with Crippen molar-refractivity contribution < 1.29 is 18.7 Å². The molecule has 1 aromatic heterocycles. The first-order valence-corrected chi connectivity index (χ1v) is 7.35. The Bertz CT molecular complexity index is 893. The number of carbonyl (C=O) groups excluding carboxylic acids is 1. The highest BCUT2D eigenvalue weighted by molar-refractivity contribution is 5.97. The summed E-state index contributed by atoms with van der Waals surface area (Å²) in [7, 11) is 1.50. The van der Waals surface area contributed by atoms with Crippen molar-refractivity contribution in [3.05, 3.63) is 59.5 Å². The first kappa shape index (κ1) is 16.4. The molecule has 1 amide bonds. The largest absolute Gasteiger partial charge is 0.493 e. The summed E-state index contributed by atoms with van der Waals surface area (Å²) in [4.78, 5) is 11.5. The quantitative estimate of drug-likeness (QED) is 0.715. The highest BCUT2D eigenvalue weighted by Gasteiger charge is 2.21. The molecule has 3 aromatic rings. The monoisotopic (exact) mass is 342 g/mol. The molecule has 0 atom stereocenters. The lowest BCUT2D eigenvalue weighted by molar-refractivity contribution is 0.0996. The number of halogens is 1. The summed E-state index contributed by atoms with van der Waals surface area (Å²) in [5, 5.41) is 10.1. The number of aromatic amines is 1. The number of nitrogens with two attached hydrogens (primary N) is 1. The number of nitrogens with one attached hydrogen (secondary N) is 1. The molecule has 3 N–H and O–H groups in total. The molecule has 0 aliphatic rings. The second-order valence-corrected chi connectivity index (χ2v) is 5.14. The Morgan fingerprint density at radius 1 is 1.20 bits per heavy atom. The fourth-order valence-corrected chi connectivity index (χ4v) is 2.34. The number of amides is 1. The Morgan fingerprint density at radius 3 is 2.64 bits per heavy atom. The normalized spacial score (nSPS) is 10.5. The molecule has 2 aromatic carbocycles. The van der Waals surface area contributed by atoms with Gasteiger partial charge in [0.25, 0.3) is 5.91 Å². The van der Waals surface area contributed by atoms with Crippen LogP contribution >= 0.6 is 0 Å². The number of para-hydroxylation sites is 1.